The van der Waals surface area contributed by atoms with Crippen LogP contribution in [0.1, 0.15) is 59.1 Å². The van der Waals surface area contributed by atoms with E-state index in [0.29, 0.717) is 25.1 Å². The standard InChI is InChI=1S/C30H42N4O7/c1-17(2)26(28(37)31-18(3)29(38)34-15-7-10-25(33-34)30(39)40)32-27(36)20(5)41-24-13-11-21(12-14-24)23-9-6-8-22(16-23)19(4)35/h6,8-9,11-14,16-20,25-26,30,33,35,39-40H,7,10,15H2,1-5H3,(H,31,37)(H,32,36)/t18-,19+,20-,25-,26-/m0/s1. The molecule has 2 aromatic rings. The first-order chi connectivity index (χ1) is 19.4. The maximum absolute atomic E-state index is 13.1. The minimum Gasteiger partial charge on any atom is -0.481 e. The number of carbonyl (C=O) groups excluding carboxylic acids is 3. The zero-order valence-corrected chi connectivity index (χ0v) is 24.2. The second kappa shape index (κ2) is 14.4. The molecule has 5 atom stereocenters. The number of hydrogen-bond acceptors (Lipinski definition) is 8. The topological polar surface area (TPSA) is 160 Å². The Morgan fingerprint density at radius 2 is 1.61 bits per heavy atom. The monoisotopic (exact) mass is 570 g/mol. The van der Waals surface area contributed by atoms with Gasteiger partial charge in [0.2, 0.25) is 5.91 Å². The molecule has 1 aliphatic rings. The molecule has 6 N–H and O–H groups in total. The summed E-state index contributed by atoms with van der Waals surface area (Å²) in [5.74, 6) is -1.21. The van der Waals surface area contributed by atoms with E-state index < -0.39 is 54.3 Å². The Morgan fingerprint density at radius 1 is 0.927 bits per heavy atom. The molecule has 3 rings (SSSR count). The van der Waals surface area contributed by atoms with Crippen LogP contribution in [0.3, 0.4) is 0 Å². The van der Waals surface area contributed by atoms with Crippen molar-refractivity contribution in [2.75, 3.05) is 6.54 Å². The van der Waals surface area contributed by atoms with Crippen LogP contribution in [0, 0.1) is 5.92 Å². The van der Waals surface area contributed by atoms with Gasteiger partial charge in [-0.25, -0.2) is 5.43 Å². The molecule has 1 fully saturated rings. The zero-order valence-electron chi connectivity index (χ0n) is 24.2. The molecule has 1 aliphatic heterocycles. The molecule has 224 valence electrons. The SMILES string of the molecule is CC(C)[C@H](NC(=O)[C@H](C)Oc1ccc(-c2cccc([C@@H](C)O)c2)cc1)C(=O)N[C@@H](C)C(=O)N1CCC[C@@H](C(O)O)N1. The summed E-state index contributed by atoms with van der Waals surface area (Å²) in [6, 6.07) is 12.4. The van der Waals surface area contributed by atoms with Gasteiger partial charge in [0.15, 0.2) is 12.4 Å². The molecule has 2 aromatic carbocycles. The van der Waals surface area contributed by atoms with E-state index in [2.05, 4.69) is 16.1 Å². The van der Waals surface area contributed by atoms with Crippen molar-refractivity contribution in [1.29, 1.82) is 0 Å². The highest BCUT2D eigenvalue weighted by molar-refractivity contribution is 5.92. The highest BCUT2D eigenvalue weighted by atomic mass is 16.5. The van der Waals surface area contributed by atoms with Crippen LogP contribution in [0.5, 0.6) is 5.75 Å². The fourth-order valence-electron chi connectivity index (χ4n) is 4.55. The number of amides is 3. The minimum absolute atomic E-state index is 0.271. The molecule has 0 spiro atoms. The van der Waals surface area contributed by atoms with Crippen molar-refractivity contribution in [1.82, 2.24) is 21.1 Å². The third kappa shape index (κ3) is 8.74. The van der Waals surface area contributed by atoms with Gasteiger partial charge >= 0.3 is 0 Å². The molecule has 1 heterocycles. The summed E-state index contributed by atoms with van der Waals surface area (Å²) < 4.78 is 5.82. The van der Waals surface area contributed by atoms with Crippen molar-refractivity contribution in [3.05, 3.63) is 54.1 Å². The summed E-state index contributed by atoms with van der Waals surface area (Å²) in [5, 5.41) is 35.4. The number of nitrogens with one attached hydrogen (secondary N) is 3. The molecule has 1 saturated heterocycles. The number of ether oxygens (including phenoxy) is 1. The summed E-state index contributed by atoms with van der Waals surface area (Å²) in [7, 11) is 0. The van der Waals surface area contributed by atoms with Crippen LogP contribution >= 0.6 is 0 Å². The molecule has 11 nitrogen and oxygen atoms in total. The molecule has 0 unspecified atom stereocenters. The van der Waals surface area contributed by atoms with Crippen LogP contribution in [-0.4, -0.2) is 75.1 Å². The van der Waals surface area contributed by atoms with E-state index in [1.54, 1.807) is 39.8 Å². The van der Waals surface area contributed by atoms with E-state index in [1.807, 2.05) is 36.4 Å². The molecule has 0 bridgehead atoms. The number of carbonyl (C=O) groups is 3. The van der Waals surface area contributed by atoms with Crippen LogP contribution in [0.2, 0.25) is 0 Å². The zero-order chi connectivity index (χ0) is 30.3. The predicted octanol–water partition coefficient (Wildman–Crippen LogP) is 1.63. The first kappa shape index (κ1) is 32.0. The Kier molecular flexibility index (Phi) is 11.2. The van der Waals surface area contributed by atoms with Crippen molar-refractivity contribution in [2.24, 2.45) is 5.92 Å². The average molecular weight is 571 g/mol. The van der Waals surface area contributed by atoms with Gasteiger partial charge in [0.05, 0.1) is 12.1 Å². The van der Waals surface area contributed by atoms with E-state index in [1.165, 1.54) is 11.9 Å². The Morgan fingerprint density at radius 3 is 2.22 bits per heavy atom. The normalized spacial score (nSPS) is 18.4. The Bertz CT molecular complexity index is 1190. The van der Waals surface area contributed by atoms with Crippen molar-refractivity contribution in [2.45, 2.75) is 84.1 Å². The lowest BCUT2D eigenvalue weighted by atomic mass is 10.0. The summed E-state index contributed by atoms with van der Waals surface area (Å²) in [4.78, 5) is 38.9. The van der Waals surface area contributed by atoms with E-state index in [0.717, 1.165) is 16.7 Å². The third-order valence-corrected chi connectivity index (χ3v) is 7.06. The third-order valence-electron chi connectivity index (χ3n) is 7.06. The molecule has 0 aromatic heterocycles. The molecule has 0 aliphatic carbocycles. The van der Waals surface area contributed by atoms with Crippen molar-refractivity contribution >= 4 is 17.7 Å². The molecule has 41 heavy (non-hydrogen) atoms. The molecular formula is C30H42N4O7. The summed E-state index contributed by atoms with van der Waals surface area (Å²) in [5.41, 5.74) is 5.47. The average Bonchev–Trinajstić information content (AvgIpc) is 2.95. The van der Waals surface area contributed by atoms with Crippen LogP contribution < -0.4 is 20.8 Å². The van der Waals surface area contributed by atoms with Crippen LogP contribution in [-0.2, 0) is 14.4 Å². The number of hydrogen-bond donors (Lipinski definition) is 6. The Balaban J connectivity index is 1.57. The predicted molar refractivity (Wildman–Crippen MR) is 153 cm³/mol. The molecule has 3 amide bonds. The Hall–Kier alpha value is -3.51. The number of benzene rings is 2. The summed E-state index contributed by atoms with van der Waals surface area (Å²) in [6.45, 7) is 8.78. The first-order valence-corrected chi connectivity index (χ1v) is 14.0. The molecule has 11 heteroatoms. The first-order valence-electron chi connectivity index (χ1n) is 14.0. The Labute approximate surface area is 240 Å². The maximum Gasteiger partial charge on any atom is 0.261 e. The lowest BCUT2D eigenvalue weighted by molar-refractivity contribution is -0.147. The largest absolute Gasteiger partial charge is 0.481 e. The summed E-state index contributed by atoms with van der Waals surface area (Å²) in [6.07, 6.45) is -1.98. The number of aliphatic hydroxyl groups is 3. The number of hydrazine groups is 1. The van der Waals surface area contributed by atoms with Gasteiger partial charge in [-0.15, -0.1) is 0 Å². The van der Waals surface area contributed by atoms with Crippen molar-refractivity contribution in [3.63, 3.8) is 0 Å². The van der Waals surface area contributed by atoms with Gasteiger partial charge in [0, 0.05) is 6.54 Å². The van der Waals surface area contributed by atoms with E-state index >= 15 is 0 Å². The number of nitrogens with zero attached hydrogens (tertiary/aromatic N) is 1. The number of aliphatic hydroxyl groups excluding tert-OH is 2. The van der Waals surface area contributed by atoms with Gasteiger partial charge in [-0.05, 0) is 74.4 Å². The maximum atomic E-state index is 13.1. The van der Waals surface area contributed by atoms with E-state index in [4.69, 9.17) is 4.74 Å². The highest BCUT2D eigenvalue weighted by Crippen LogP contribution is 2.25. The van der Waals surface area contributed by atoms with Gasteiger partial charge < -0.3 is 30.7 Å². The second-order valence-electron chi connectivity index (χ2n) is 10.8. The minimum atomic E-state index is -1.61. The van der Waals surface area contributed by atoms with Crippen molar-refractivity contribution < 1.29 is 34.4 Å². The fourth-order valence-corrected chi connectivity index (χ4v) is 4.55. The summed E-state index contributed by atoms with van der Waals surface area (Å²) >= 11 is 0. The lowest BCUT2D eigenvalue weighted by Crippen LogP contribution is -2.61. The van der Waals surface area contributed by atoms with E-state index in [9.17, 15) is 29.7 Å². The molecule has 0 saturated carbocycles. The quantitative estimate of drug-likeness (QED) is 0.222. The van der Waals surface area contributed by atoms with Gasteiger partial charge in [-0.3, -0.25) is 19.4 Å². The van der Waals surface area contributed by atoms with E-state index in [-0.39, 0.29) is 5.92 Å². The fraction of sp³-hybridized carbons (Fsp3) is 0.500. The van der Waals surface area contributed by atoms with Crippen LogP contribution in [0.25, 0.3) is 11.1 Å². The van der Waals surface area contributed by atoms with Crippen molar-refractivity contribution in [3.8, 4) is 16.9 Å². The van der Waals surface area contributed by atoms with Gasteiger partial charge in [-0.2, -0.15) is 0 Å². The van der Waals surface area contributed by atoms with Gasteiger partial charge in [0.25, 0.3) is 11.8 Å². The highest BCUT2D eigenvalue weighted by Gasteiger charge is 2.32. The molecule has 0 radical (unpaired) electrons. The van der Waals surface area contributed by atoms with Gasteiger partial charge in [-0.1, -0.05) is 44.2 Å². The molecular weight excluding hydrogens is 528 g/mol. The lowest BCUT2D eigenvalue weighted by Gasteiger charge is -2.36. The van der Waals surface area contributed by atoms with Crippen LogP contribution in [0.4, 0.5) is 0 Å². The van der Waals surface area contributed by atoms with Crippen LogP contribution in [0.15, 0.2) is 48.5 Å². The smallest absolute Gasteiger partial charge is 0.261 e. The second-order valence-corrected chi connectivity index (χ2v) is 10.8. The number of rotatable bonds is 11. The van der Waals surface area contributed by atoms with Gasteiger partial charge in [0.1, 0.15) is 17.8 Å².